The number of nitrogens with one attached hydrogen (secondary N) is 1. The van der Waals surface area contributed by atoms with Crippen LogP contribution in [0.4, 0.5) is 11.6 Å². The van der Waals surface area contributed by atoms with Gasteiger partial charge in [0.1, 0.15) is 11.6 Å². The Labute approximate surface area is 58.3 Å². The van der Waals surface area contributed by atoms with Crippen molar-refractivity contribution in [2.75, 3.05) is 17.6 Å². The Morgan fingerprint density at radius 2 is 2.60 bits per heavy atom. The topological polar surface area (TPSA) is 55.9 Å². The first-order valence-electron chi connectivity index (χ1n) is 3.12. The SMILES string of the molecule is Nc1cc2n(n1)C=CCN2. The minimum Gasteiger partial charge on any atom is -0.382 e. The van der Waals surface area contributed by atoms with Crippen LogP contribution in [0.25, 0.3) is 6.20 Å². The normalized spacial score (nSPS) is 14.4. The van der Waals surface area contributed by atoms with E-state index in [0.29, 0.717) is 5.82 Å². The fourth-order valence-electron chi connectivity index (χ4n) is 0.975. The monoisotopic (exact) mass is 136 g/mol. The van der Waals surface area contributed by atoms with Crippen LogP contribution in [0, 0.1) is 0 Å². The molecule has 0 unspecified atom stereocenters. The van der Waals surface area contributed by atoms with E-state index in [1.165, 1.54) is 0 Å². The molecule has 0 fully saturated rings. The van der Waals surface area contributed by atoms with E-state index in [9.17, 15) is 0 Å². The first kappa shape index (κ1) is 5.34. The molecule has 3 N–H and O–H groups in total. The van der Waals surface area contributed by atoms with Crippen molar-refractivity contribution in [1.82, 2.24) is 9.78 Å². The number of fused-ring (bicyclic) bond motifs is 1. The van der Waals surface area contributed by atoms with Gasteiger partial charge in [-0.3, -0.25) is 0 Å². The maximum absolute atomic E-state index is 5.45. The Bertz CT molecular complexity index is 273. The molecule has 0 atom stereocenters. The van der Waals surface area contributed by atoms with Gasteiger partial charge < -0.3 is 11.1 Å². The van der Waals surface area contributed by atoms with E-state index in [-0.39, 0.29) is 0 Å². The van der Waals surface area contributed by atoms with E-state index in [1.807, 2.05) is 18.3 Å². The highest BCUT2D eigenvalue weighted by Gasteiger charge is 2.03. The lowest BCUT2D eigenvalue weighted by Crippen LogP contribution is -2.08. The van der Waals surface area contributed by atoms with Gasteiger partial charge in [0, 0.05) is 18.8 Å². The largest absolute Gasteiger partial charge is 0.382 e. The number of anilines is 2. The van der Waals surface area contributed by atoms with Crippen LogP contribution >= 0.6 is 0 Å². The molecule has 0 saturated heterocycles. The predicted molar refractivity (Wildman–Crippen MR) is 40.5 cm³/mol. The highest BCUT2D eigenvalue weighted by molar-refractivity contribution is 5.53. The molecule has 1 aliphatic rings. The second-order valence-corrected chi connectivity index (χ2v) is 2.16. The first-order valence-corrected chi connectivity index (χ1v) is 3.12. The van der Waals surface area contributed by atoms with E-state index in [2.05, 4.69) is 10.4 Å². The summed E-state index contributed by atoms with van der Waals surface area (Å²) in [4.78, 5) is 0. The van der Waals surface area contributed by atoms with Crippen molar-refractivity contribution >= 4 is 17.8 Å². The molecular formula is C6H8N4. The van der Waals surface area contributed by atoms with Crippen LogP contribution in [-0.4, -0.2) is 16.3 Å². The zero-order valence-corrected chi connectivity index (χ0v) is 5.41. The fraction of sp³-hybridized carbons (Fsp3) is 0.167. The summed E-state index contributed by atoms with van der Waals surface area (Å²) in [5.74, 6) is 1.51. The third kappa shape index (κ3) is 0.655. The van der Waals surface area contributed by atoms with Crippen molar-refractivity contribution in [3.63, 3.8) is 0 Å². The molecule has 1 aromatic rings. The lowest BCUT2D eigenvalue weighted by atomic mass is 10.5. The van der Waals surface area contributed by atoms with E-state index in [4.69, 9.17) is 5.73 Å². The van der Waals surface area contributed by atoms with Crippen LogP contribution in [0.3, 0.4) is 0 Å². The van der Waals surface area contributed by atoms with Crippen LogP contribution in [0.15, 0.2) is 12.1 Å². The van der Waals surface area contributed by atoms with Crippen molar-refractivity contribution in [3.8, 4) is 0 Å². The molecule has 4 heteroatoms. The number of nitrogens with zero attached hydrogens (tertiary/aromatic N) is 2. The van der Waals surface area contributed by atoms with Crippen molar-refractivity contribution in [2.45, 2.75) is 0 Å². The Balaban J connectivity index is 2.53. The summed E-state index contributed by atoms with van der Waals surface area (Å²) in [5, 5.41) is 7.11. The average molecular weight is 136 g/mol. The summed E-state index contributed by atoms with van der Waals surface area (Å²) in [6.45, 7) is 0.852. The molecule has 1 aliphatic heterocycles. The molecule has 0 aromatic carbocycles. The quantitative estimate of drug-likeness (QED) is 0.541. The molecule has 2 heterocycles. The molecular weight excluding hydrogens is 128 g/mol. The summed E-state index contributed by atoms with van der Waals surface area (Å²) in [7, 11) is 0. The van der Waals surface area contributed by atoms with Crippen LogP contribution in [0.1, 0.15) is 0 Å². The van der Waals surface area contributed by atoms with Crippen LogP contribution in [-0.2, 0) is 0 Å². The van der Waals surface area contributed by atoms with Gasteiger partial charge >= 0.3 is 0 Å². The molecule has 2 rings (SSSR count). The van der Waals surface area contributed by atoms with Gasteiger partial charge in [-0.05, 0) is 6.08 Å². The van der Waals surface area contributed by atoms with Gasteiger partial charge in [-0.15, -0.1) is 5.10 Å². The second kappa shape index (κ2) is 1.76. The number of rotatable bonds is 0. The maximum atomic E-state index is 5.45. The standard InChI is InChI=1S/C6H8N4/c7-5-4-6-8-2-1-3-10(6)9-5/h1,3-4,8H,2H2,(H2,7,9). The molecule has 0 amide bonds. The predicted octanol–water partition coefficient (Wildman–Crippen LogP) is 0.362. The summed E-state index contributed by atoms with van der Waals surface area (Å²) >= 11 is 0. The number of hydrogen-bond acceptors (Lipinski definition) is 3. The molecule has 52 valence electrons. The van der Waals surface area contributed by atoms with Crippen molar-refractivity contribution in [1.29, 1.82) is 0 Å². The zero-order chi connectivity index (χ0) is 6.97. The van der Waals surface area contributed by atoms with Crippen LogP contribution < -0.4 is 11.1 Å². The van der Waals surface area contributed by atoms with Gasteiger partial charge in [0.05, 0.1) is 0 Å². The number of nitrogen functional groups attached to an aromatic ring is 1. The van der Waals surface area contributed by atoms with Gasteiger partial charge in [-0.2, -0.15) is 0 Å². The third-order valence-electron chi connectivity index (χ3n) is 1.40. The van der Waals surface area contributed by atoms with Crippen molar-refractivity contribution in [3.05, 3.63) is 12.1 Å². The molecule has 0 bridgehead atoms. The molecule has 0 radical (unpaired) electrons. The Hall–Kier alpha value is -1.45. The van der Waals surface area contributed by atoms with Crippen LogP contribution in [0.5, 0.6) is 0 Å². The van der Waals surface area contributed by atoms with Crippen molar-refractivity contribution < 1.29 is 0 Å². The third-order valence-corrected chi connectivity index (χ3v) is 1.40. The van der Waals surface area contributed by atoms with E-state index >= 15 is 0 Å². The smallest absolute Gasteiger partial charge is 0.148 e. The van der Waals surface area contributed by atoms with Gasteiger partial charge in [-0.25, -0.2) is 4.68 Å². The number of nitrogens with two attached hydrogens (primary N) is 1. The van der Waals surface area contributed by atoms with Gasteiger partial charge in [0.25, 0.3) is 0 Å². The van der Waals surface area contributed by atoms with Crippen LogP contribution in [0.2, 0.25) is 0 Å². The summed E-state index contributed by atoms with van der Waals surface area (Å²) in [6.07, 6.45) is 3.88. The Morgan fingerprint density at radius 1 is 1.70 bits per heavy atom. The van der Waals surface area contributed by atoms with Gasteiger partial charge in [0.2, 0.25) is 0 Å². The average Bonchev–Trinajstić information content (AvgIpc) is 2.27. The molecule has 10 heavy (non-hydrogen) atoms. The number of aromatic nitrogens is 2. The number of hydrogen-bond donors (Lipinski definition) is 2. The molecule has 4 nitrogen and oxygen atoms in total. The highest BCUT2D eigenvalue weighted by Crippen LogP contribution is 2.14. The molecule has 0 aliphatic carbocycles. The zero-order valence-electron chi connectivity index (χ0n) is 5.41. The molecule has 0 spiro atoms. The lowest BCUT2D eigenvalue weighted by Gasteiger charge is -2.07. The summed E-state index contributed by atoms with van der Waals surface area (Å²) in [6, 6.07) is 1.81. The molecule has 0 saturated carbocycles. The minimum absolute atomic E-state index is 0.550. The highest BCUT2D eigenvalue weighted by atomic mass is 15.3. The van der Waals surface area contributed by atoms with E-state index in [0.717, 1.165) is 12.4 Å². The maximum Gasteiger partial charge on any atom is 0.148 e. The van der Waals surface area contributed by atoms with Gasteiger partial charge in [0.15, 0.2) is 0 Å². The van der Waals surface area contributed by atoms with Gasteiger partial charge in [-0.1, -0.05) is 0 Å². The minimum atomic E-state index is 0.550. The van der Waals surface area contributed by atoms with E-state index < -0.39 is 0 Å². The summed E-state index contributed by atoms with van der Waals surface area (Å²) in [5.41, 5.74) is 5.45. The Morgan fingerprint density at radius 3 is 3.40 bits per heavy atom. The second-order valence-electron chi connectivity index (χ2n) is 2.16. The van der Waals surface area contributed by atoms with Crippen molar-refractivity contribution in [2.24, 2.45) is 0 Å². The Kier molecular flexibility index (Phi) is 0.943. The molecule has 1 aromatic heterocycles. The van der Waals surface area contributed by atoms with E-state index in [1.54, 1.807) is 4.68 Å². The fourth-order valence-corrected chi connectivity index (χ4v) is 0.975. The lowest BCUT2D eigenvalue weighted by molar-refractivity contribution is 0.922. The summed E-state index contributed by atoms with van der Waals surface area (Å²) < 4.78 is 1.72. The first-order chi connectivity index (χ1) is 4.86.